The maximum atomic E-state index is 15.3. The fourth-order valence-corrected chi connectivity index (χ4v) is 6.83. The summed E-state index contributed by atoms with van der Waals surface area (Å²) < 4.78 is 88.0. The summed E-state index contributed by atoms with van der Waals surface area (Å²) in [6.07, 6.45) is -3.39. The van der Waals surface area contributed by atoms with Gasteiger partial charge in [-0.05, 0) is 36.8 Å². The van der Waals surface area contributed by atoms with E-state index in [4.69, 9.17) is 15.5 Å². The van der Waals surface area contributed by atoms with Gasteiger partial charge in [-0.2, -0.15) is 22.0 Å². The lowest BCUT2D eigenvalue weighted by molar-refractivity contribution is -0.304. The smallest absolute Gasteiger partial charge is 0.417 e. The highest BCUT2D eigenvalue weighted by atomic mass is 19.4. The van der Waals surface area contributed by atoms with Gasteiger partial charge in [-0.1, -0.05) is 6.07 Å². The third kappa shape index (κ3) is 3.95. The number of ether oxygens (including phenoxy) is 1. The van der Waals surface area contributed by atoms with E-state index in [1.165, 1.54) is 23.2 Å². The standard InChI is InChI=1S/C29H23F6N5O3/c1-39-18-8-16(21-15(25(39)41)3-2-4-19(21)43-26(31)32)23-22(18)38-20-6-5-13(10-40(20)23)14-7-17(30)24(37-9-14)27(36)11-28(42,12-27)29(33,34)35/h2-7,9-10,16,18,26,42H,8,11-12,36H2,1H3. The topological polar surface area (TPSA) is 106 Å². The third-order valence-corrected chi connectivity index (χ3v) is 8.83. The Labute approximate surface area is 239 Å². The number of carbonyl (C=O) groups excluding carboxylic acids is 1. The van der Waals surface area contributed by atoms with Crippen LogP contribution in [0.4, 0.5) is 26.3 Å². The number of hydrogen-bond donors (Lipinski definition) is 2. The number of alkyl halides is 5. The van der Waals surface area contributed by atoms with Gasteiger partial charge in [0.05, 0.1) is 28.7 Å². The van der Waals surface area contributed by atoms with Crippen LogP contribution >= 0.6 is 0 Å². The maximum absolute atomic E-state index is 15.3. The fourth-order valence-electron chi connectivity index (χ4n) is 6.83. The van der Waals surface area contributed by atoms with Gasteiger partial charge in [-0.3, -0.25) is 9.78 Å². The minimum Gasteiger partial charge on any atom is -0.434 e. The molecule has 2 atom stereocenters. The number of benzene rings is 1. The Bertz CT molecular complexity index is 1820. The molecule has 224 valence electrons. The molecule has 4 heterocycles. The predicted molar refractivity (Wildman–Crippen MR) is 139 cm³/mol. The van der Waals surface area contributed by atoms with E-state index in [-0.39, 0.29) is 22.9 Å². The van der Waals surface area contributed by atoms with Gasteiger partial charge in [0.15, 0.2) is 5.60 Å². The van der Waals surface area contributed by atoms with Crippen molar-refractivity contribution in [3.63, 3.8) is 0 Å². The van der Waals surface area contributed by atoms with Crippen LogP contribution in [0.15, 0.2) is 48.8 Å². The van der Waals surface area contributed by atoms with Crippen LogP contribution in [-0.4, -0.2) is 55.7 Å². The maximum Gasteiger partial charge on any atom is 0.417 e. The molecule has 8 nitrogen and oxygen atoms in total. The zero-order valence-electron chi connectivity index (χ0n) is 22.4. The average molecular weight is 604 g/mol. The molecule has 1 aromatic carbocycles. The molecule has 43 heavy (non-hydrogen) atoms. The molecule has 0 radical (unpaired) electrons. The number of pyridine rings is 2. The molecule has 1 aliphatic heterocycles. The van der Waals surface area contributed by atoms with Gasteiger partial charge in [0, 0.05) is 60.5 Å². The van der Waals surface area contributed by atoms with E-state index in [2.05, 4.69) is 4.98 Å². The van der Waals surface area contributed by atoms with Gasteiger partial charge < -0.3 is 24.9 Å². The number of rotatable bonds is 4. The Kier molecular flexibility index (Phi) is 5.74. The molecule has 2 unspecified atom stereocenters. The van der Waals surface area contributed by atoms with E-state index < -0.39 is 54.5 Å². The van der Waals surface area contributed by atoms with Crippen molar-refractivity contribution in [1.29, 1.82) is 0 Å². The van der Waals surface area contributed by atoms with E-state index in [1.54, 1.807) is 35.8 Å². The Morgan fingerprint density at radius 1 is 1.16 bits per heavy atom. The lowest BCUT2D eigenvalue weighted by atomic mass is 9.63. The molecule has 1 amide bonds. The second-order valence-corrected chi connectivity index (χ2v) is 11.4. The second kappa shape index (κ2) is 8.92. The highest BCUT2D eigenvalue weighted by molar-refractivity contribution is 5.98. The number of imidazole rings is 1. The minimum absolute atomic E-state index is 0.107. The number of aromatic nitrogens is 3. The summed E-state index contributed by atoms with van der Waals surface area (Å²) in [5.74, 6) is -1.89. The van der Waals surface area contributed by atoms with E-state index in [0.29, 0.717) is 40.1 Å². The zero-order chi connectivity index (χ0) is 30.6. The monoisotopic (exact) mass is 603 g/mol. The van der Waals surface area contributed by atoms with Gasteiger partial charge in [-0.15, -0.1) is 0 Å². The van der Waals surface area contributed by atoms with Crippen molar-refractivity contribution in [2.24, 2.45) is 5.73 Å². The van der Waals surface area contributed by atoms with E-state index in [1.807, 2.05) is 0 Å². The number of aliphatic hydroxyl groups is 1. The van der Waals surface area contributed by atoms with Crippen molar-refractivity contribution >= 4 is 11.6 Å². The first-order chi connectivity index (χ1) is 20.2. The number of halogens is 6. The van der Waals surface area contributed by atoms with Crippen LogP contribution in [0.1, 0.15) is 64.2 Å². The Hall–Kier alpha value is -4.17. The van der Waals surface area contributed by atoms with Gasteiger partial charge in [0.25, 0.3) is 5.91 Å². The SMILES string of the molecule is CN1C(=O)c2cccc(OC(F)F)c2C2CC1c1nc3ccc(-c4cnc(C5(N)CC(O)(C(F)(F)F)C5)c(F)c4)cn3c12. The highest BCUT2D eigenvalue weighted by Crippen LogP contribution is 2.55. The largest absolute Gasteiger partial charge is 0.434 e. The summed E-state index contributed by atoms with van der Waals surface area (Å²) in [6.45, 7) is -3.10. The van der Waals surface area contributed by atoms with Gasteiger partial charge >= 0.3 is 12.8 Å². The van der Waals surface area contributed by atoms with Crippen LogP contribution in [-0.2, 0) is 5.54 Å². The number of carbonyl (C=O) groups is 1. The molecule has 14 heteroatoms. The molecule has 1 fully saturated rings. The molecule has 0 spiro atoms. The number of nitrogens with zero attached hydrogens (tertiary/aromatic N) is 4. The van der Waals surface area contributed by atoms with Crippen molar-refractivity contribution in [2.45, 2.75) is 55.1 Å². The highest BCUT2D eigenvalue weighted by Gasteiger charge is 2.67. The summed E-state index contributed by atoms with van der Waals surface area (Å²) in [4.78, 5) is 23.6. The van der Waals surface area contributed by atoms with Crippen molar-refractivity contribution in [1.82, 2.24) is 19.3 Å². The molecule has 2 bridgehead atoms. The summed E-state index contributed by atoms with van der Waals surface area (Å²) in [5.41, 5.74) is 3.98. The molecule has 2 aliphatic carbocycles. The molecule has 3 aromatic heterocycles. The van der Waals surface area contributed by atoms with Gasteiger partial charge in [-0.25, -0.2) is 9.37 Å². The lowest BCUT2D eigenvalue weighted by Crippen LogP contribution is -2.66. The molecular weight excluding hydrogens is 580 g/mol. The van der Waals surface area contributed by atoms with E-state index in [9.17, 15) is 31.9 Å². The van der Waals surface area contributed by atoms with Crippen LogP contribution < -0.4 is 10.5 Å². The van der Waals surface area contributed by atoms with Gasteiger partial charge in [0.2, 0.25) is 0 Å². The Morgan fingerprint density at radius 2 is 1.91 bits per heavy atom. The van der Waals surface area contributed by atoms with Crippen molar-refractivity contribution in [2.75, 3.05) is 7.05 Å². The van der Waals surface area contributed by atoms with Crippen molar-refractivity contribution in [3.8, 4) is 16.9 Å². The third-order valence-electron chi connectivity index (χ3n) is 8.83. The van der Waals surface area contributed by atoms with Crippen LogP contribution in [0, 0.1) is 5.82 Å². The molecule has 0 saturated heterocycles. The number of hydrogen-bond acceptors (Lipinski definition) is 6. The lowest BCUT2D eigenvalue weighted by Gasteiger charge is -2.51. The fraction of sp³-hybridized carbons (Fsp3) is 0.345. The number of amides is 1. The van der Waals surface area contributed by atoms with Crippen LogP contribution in [0.5, 0.6) is 5.75 Å². The predicted octanol–water partition coefficient (Wildman–Crippen LogP) is 5.04. The summed E-state index contributed by atoms with van der Waals surface area (Å²) >= 11 is 0. The zero-order valence-corrected chi connectivity index (χ0v) is 22.4. The first-order valence-corrected chi connectivity index (χ1v) is 13.3. The average Bonchev–Trinajstić information content (AvgIpc) is 3.44. The van der Waals surface area contributed by atoms with Crippen molar-refractivity contribution < 1.29 is 41.0 Å². The molecule has 1 saturated carbocycles. The van der Waals surface area contributed by atoms with Crippen LogP contribution in [0.25, 0.3) is 16.8 Å². The van der Waals surface area contributed by atoms with E-state index in [0.717, 1.165) is 6.07 Å². The quantitative estimate of drug-likeness (QED) is 0.317. The Balaban J connectivity index is 1.30. The first-order valence-electron chi connectivity index (χ1n) is 13.3. The molecule has 3 N–H and O–H groups in total. The Morgan fingerprint density at radius 3 is 2.58 bits per heavy atom. The normalized spacial score (nSPS) is 26.4. The first kappa shape index (κ1) is 27.7. The molecule has 4 aromatic rings. The van der Waals surface area contributed by atoms with Gasteiger partial charge in [0.1, 0.15) is 17.2 Å². The summed E-state index contributed by atoms with van der Waals surface area (Å²) in [7, 11) is 1.63. The number of fused-ring (bicyclic) bond motifs is 9. The van der Waals surface area contributed by atoms with Crippen LogP contribution in [0.2, 0.25) is 0 Å². The van der Waals surface area contributed by atoms with E-state index >= 15 is 4.39 Å². The molecule has 3 aliphatic rings. The molecule has 7 rings (SSSR count). The van der Waals surface area contributed by atoms with Crippen LogP contribution in [0.3, 0.4) is 0 Å². The summed E-state index contributed by atoms with van der Waals surface area (Å²) in [6, 6.07) is 8.46. The molecular formula is C29H23F6N5O3. The second-order valence-electron chi connectivity index (χ2n) is 11.4. The minimum atomic E-state index is -4.90. The van der Waals surface area contributed by atoms with Crippen molar-refractivity contribution in [3.05, 3.63) is 82.8 Å². The summed E-state index contributed by atoms with van der Waals surface area (Å²) in [5, 5.41) is 9.83. The number of nitrogens with two attached hydrogens (primary N) is 1.